The standard InChI is InChI=1S/C59H56/c1-35-28-50-49(40-25-27-46-44-19-11-13-21-55(44)59(4,5)57(46)31-40)34-51-42-17-9-8-16-41(42)48(39-24-26-45-43-18-10-12-20-54(43)58(2,3)56(45)30-39)33-53(51)52(50)32-47(35)38-23-22-36-14-6-7-15-37(36)29-38/h7-13,15-25,28-31,45-49H,6,14,26-27,32-34H2,1-5H3. The molecule has 0 amide bonds. The molecule has 5 atom stereocenters. The first-order valence-electron chi connectivity index (χ1n) is 22.7. The van der Waals surface area contributed by atoms with E-state index in [4.69, 9.17) is 0 Å². The molecule has 5 unspecified atom stereocenters. The van der Waals surface area contributed by atoms with E-state index in [0.29, 0.717) is 29.6 Å². The summed E-state index contributed by atoms with van der Waals surface area (Å²) in [7, 11) is 0. The first kappa shape index (κ1) is 35.7. The zero-order chi connectivity index (χ0) is 39.8. The molecule has 8 aliphatic carbocycles. The number of aryl methyl sites for hydroxylation is 1. The van der Waals surface area contributed by atoms with Crippen LogP contribution in [-0.4, -0.2) is 0 Å². The molecule has 0 bridgehead atoms. The van der Waals surface area contributed by atoms with Gasteiger partial charge in [-0.1, -0.05) is 178 Å². The fraction of sp³-hybridized carbons (Fsp3) is 0.322. The van der Waals surface area contributed by atoms with Crippen molar-refractivity contribution in [1.29, 1.82) is 0 Å². The topological polar surface area (TPSA) is 0 Å². The summed E-state index contributed by atoms with van der Waals surface area (Å²) in [4.78, 5) is 0. The van der Waals surface area contributed by atoms with Gasteiger partial charge in [0.05, 0.1) is 0 Å². The lowest BCUT2D eigenvalue weighted by Gasteiger charge is -2.43. The van der Waals surface area contributed by atoms with Crippen LogP contribution in [0.1, 0.15) is 147 Å². The third-order valence-electron chi connectivity index (χ3n) is 16.6. The van der Waals surface area contributed by atoms with Crippen LogP contribution in [0.3, 0.4) is 0 Å². The van der Waals surface area contributed by atoms with Crippen LogP contribution in [0.25, 0.3) is 11.6 Å². The van der Waals surface area contributed by atoms with Crippen LogP contribution in [-0.2, 0) is 17.3 Å². The normalized spacial score (nSPS) is 27.7. The van der Waals surface area contributed by atoms with Gasteiger partial charge in [0, 0.05) is 40.4 Å². The van der Waals surface area contributed by atoms with Crippen LogP contribution in [0.2, 0.25) is 0 Å². The van der Waals surface area contributed by atoms with E-state index in [1.165, 1.54) is 55.7 Å². The zero-order valence-corrected chi connectivity index (χ0v) is 35.5. The van der Waals surface area contributed by atoms with Gasteiger partial charge < -0.3 is 0 Å². The summed E-state index contributed by atoms with van der Waals surface area (Å²) in [5.74, 6) is 2.10. The van der Waals surface area contributed by atoms with Crippen molar-refractivity contribution in [2.24, 2.45) is 5.92 Å². The highest BCUT2D eigenvalue weighted by molar-refractivity contribution is 5.82. The Balaban J connectivity index is 0.981. The van der Waals surface area contributed by atoms with E-state index < -0.39 is 0 Å². The quantitative estimate of drug-likeness (QED) is 0.195. The van der Waals surface area contributed by atoms with E-state index in [2.05, 4.69) is 168 Å². The SMILES string of the molecule is CC1=CC2=C(CC1c1ccc3c(c1)C=CCC3)C1=C(CC2C2=CCC3C(=C2)C(C)(C)c2ccccc23)c2ccccc2C(C2=CCC3C(=C2)C(C)(C)c2ccccc23)C1. The molecule has 4 aromatic rings. The molecule has 0 heterocycles. The van der Waals surface area contributed by atoms with Gasteiger partial charge in [0.15, 0.2) is 0 Å². The lowest BCUT2D eigenvalue weighted by Crippen LogP contribution is -2.27. The highest BCUT2D eigenvalue weighted by Crippen LogP contribution is 2.60. The molecule has 12 rings (SSSR count). The van der Waals surface area contributed by atoms with Gasteiger partial charge in [0.25, 0.3) is 0 Å². The molecular formula is C59H56. The molecule has 292 valence electrons. The molecule has 8 aliphatic rings. The second-order valence-corrected chi connectivity index (χ2v) is 20.1. The van der Waals surface area contributed by atoms with E-state index in [-0.39, 0.29) is 10.8 Å². The summed E-state index contributed by atoms with van der Waals surface area (Å²) in [5, 5.41) is 0. The summed E-state index contributed by atoms with van der Waals surface area (Å²) in [6, 6.07) is 35.5. The second-order valence-electron chi connectivity index (χ2n) is 20.1. The molecule has 0 aromatic heterocycles. The van der Waals surface area contributed by atoms with Gasteiger partial charge in [-0.25, -0.2) is 0 Å². The Morgan fingerprint density at radius 2 is 1.14 bits per heavy atom. The van der Waals surface area contributed by atoms with Gasteiger partial charge in [-0.05, 0) is 135 Å². The Morgan fingerprint density at radius 3 is 1.83 bits per heavy atom. The van der Waals surface area contributed by atoms with Crippen LogP contribution in [0, 0.1) is 5.92 Å². The molecule has 0 nitrogen and oxygen atoms in total. The third kappa shape index (κ3) is 5.20. The number of benzene rings is 4. The first-order valence-corrected chi connectivity index (χ1v) is 22.7. The zero-order valence-electron chi connectivity index (χ0n) is 35.5. The van der Waals surface area contributed by atoms with Gasteiger partial charge in [0.1, 0.15) is 0 Å². The molecule has 0 N–H and O–H groups in total. The molecule has 0 saturated heterocycles. The van der Waals surface area contributed by atoms with Gasteiger partial charge in [-0.3, -0.25) is 0 Å². The molecule has 0 radical (unpaired) electrons. The van der Waals surface area contributed by atoms with Gasteiger partial charge in [-0.15, -0.1) is 0 Å². The third-order valence-corrected chi connectivity index (χ3v) is 16.6. The minimum Gasteiger partial charge on any atom is -0.0836 e. The summed E-state index contributed by atoms with van der Waals surface area (Å²) < 4.78 is 0. The molecule has 0 aliphatic heterocycles. The number of rotatable bonds is 3. The summed E-state index contributed by atoms with van der Waals surface area (Å²) in [6.07, 6.45) is 25.8. The maximum Gasteiger partial charge on any atom is 0.0133 e. The number of fused-ring (bicyclic) bond motifs is 10. The molecule has 0 spiro atoms. The van der Waals surface area contributed by atoms with Crippen molar-refractivity contribution in [2.45, 2.75) is 114 Å². The van der Waals surface area contributed by atoms with Crippen molar-refractivity contribution >= 4 is 11.6 Å². The van der Waals surface area contributed by atoms with Gasteiger partial charge in [-0.2, -0.15) is 0 Å². The predicted octanol–water partition coefficient (Wildman–Crippen LogP) is 15.0. The highest BCUT2D eigenvalue weighted by Gasteiger charge is 2.46. The maximum atomic E-state index is 2.68. The molecular weight excluding hydrogens is 709 g/mol. The van der Waals surface area contributed by atoms with E-state index in [0.717, 1.165) is 44.9 Å². The van der Waals surface area contributed by atoms with Crippen molar-refractivity contribution in [3.63, 3.8) is 0 Å². The Bertz CT molecular complexity index is 2770. The minimum absolute atomic E-state index is 0.0442. The minimum atomic E-state index is 0.0442. The second kappa shape index (κ2) is 12.9. The van der Waals surface area contributed by atoms with E-state index >= 15 is 0 Å². The molecule has 0 fully saturated rings. The maximum absolute atomic E-state index is 2.68. The smallest absolute Gasteiger partial charge is 0.0133 e. The Kier molecular flexibility index (Phi) is 7.81. The van der Waals surface area contributed by atoms with Gasteiger partial charge >= 0.3 is 0 Å². The Morgan fingerprint density at radius 1 is 0.542 bits per heavy atom. The Labute approximate surface area is 352 Å². The summed E-state index contributed by atoms with van der Waals surface area (Å²) in [6.45, 7) is 12.3. The predicted molar refractivity (Wildman–Crippen MR) is 247 cm³/mol. The van der Waals surface area contributed by atoms with Crippen LogP contribution in [0.15, 0.2) is 172 Å². The lowest BCUT2D eigenvalue weighted by atomic mass is 9.61. The van der Waals surface area contributed by atoms with Crippen LogP contribution >= 0.6 is 0 Å². The van der Waals surface area contributed by atoms with E-state index in [9.17, 15) is 0 Å². The number of hydrogen-bond acceptors (Lipinski definition) is 0. The highest BCUT2D eigenvalue weighted by atomic mass is 14.5. The fourth-order valence-corrected chi connectivity index (χ4v) is 13.5. The van der Waals surface area contributed by atoms with Gasteiger partial charge in [0.2, 0.25) is 0 Å². The van der Waals surface area contributed by atoms with Crippen molar-refractivity contribution in [2.75, 3.05) is 0 Å². The molecule has 0 heteroatoms. The molecule has 0 saturated carbocycles. The van der Waals surface area contributed by atoms with Crippen molar-refractivity contribution < 1.29 is 0 Å². The Hall–Kier alpha value is -5.20. The van der Waals surface area contributed by atoms with Crippen LogP contribution in [0.5, 0.6) is 0 Å². The van der Waals surface area contributed by atoms with Crippen molar-refractivity contribution in [3.8, 4) is 0 Å². The van der Waals surface area contributed by atoms with Crippen LogP contribution in [0.4, 0.5) is 0 Å². The average molecular weight is 765 g/mol. The largest absolute Gasteiger partial charge is 0.0836 e. The van der Waals surface area contributed by atoms with E-state index in [1.807, 2.05) is 0 Å². The fourth-order valence-electron chi connectivity index (χ4n) is 13.5. The number of hydrogen-bond donors (Lipinski definition) is 0. The number of allylic oxidation sites excluding steroid dienone is 15. The molecule has 59 heavy (non-hydrogen) atoms. The monoisotopic (exact) mass is 764 g/mol. The summed E-state index contributed by atoms with van der Waals surface area (Å²) in [5.41, 5.74) is 28.0. The van der Waals surface area contributed by atoms with Crippen molar-refractivity contribution in [1.82, 2.24) is 0 Å². The van der Waals surface area contributed by atoms with Crippen LogP contribution < -0.4 is 0 Å². The van der Waals surface area contributed by atoms with E-state index in [1.54, 1.807) is 44.6 Å². The first-order chi connectivity index (χ1) is 28.7. The van der Waals surface area contributed by atoms with Crippen molar-refractivity contribution in [3.05, 3.63) is 222 Å². The lowest BCUT2D eigenvalue weighted by molar-refractivity contribution is 0.595. The summed E-state index contributed by atoms with van der Waals surface area (Å²) >= 11 is 0. The average Bonchev–Trinajstić information content (AvgIpc) is 3.64. The molecule has 4 aromatic carbocycles.